The molecule has 3 rings (SSSR count). The van der Waals surface area contributed by atoms with Gasteiger partial charge in [-0.1, -0.05) is 18.7 Å². The van der Waals surface area contributed by atoms with E-state index in [1.165, 1.54) is 12.1 Å². The van der Waals surface area contributed by atoms with Crippen molar-refractivity contribution in [3.63, 3.8) is 0 Å². The number of benzene rings is 1. The number of carbonyl (C=O) groups excluding carboxylic acids is 2. The molecule has 0 radical (unpaired) electrons. The number of ether oxygens (including phenoxy) is 2. The fraction of sp³-hybridized carbons (Fsp3) is 0.545. The average molecular weight is 440 g/mol. The van der Waals surface area contributed by atoms with Crippen LogP contribution >= 0.6 is 0 Å². The lowest BCUT2D eigenvalue weighted by atomic mass is 9.74. The van der Waals surface area contributed by atoms with Crippen LogP contribution in [0.5, 0.6) is 0 Å². The summed E-state index contributed by atoms with van der Waals surface area (Å²) in [4.78, 5) is 26.8. The Hall–Kier alpha value is -2.39. The molecular formula is C22H27F3N2O4. The molecule has 0 bridgehead atoms. The van der Waals surface area contributed by atoms with E-state index in [0.29, 0.717) is 44.7 Å². The van der Waals surface area contributed by atoms with Crippen LogP contribution < -0.4 is 5.32 Å². The van der Waals surface area contributed by atoms with Crippen molar-refractivity contribution in [1.29, 1.82) is 0 Å². The molecular weight excluding hydrogens is 413 g/mol. The van der Waals surface area contributed by atoms with Crippen LogP contribution in [0.4, 0.5) is 13.2 Å². The molecule has 1 aliphatic carbocycles. The molecule has 1 heterocycles. The van der Waals surface area contributed by atoms with Gasteiger partial charge < -0.3 is 14.8 Å². The molecule has 1 N–H and O–H groups in total. The SMILES string of the molecule is C=C(CC(=O)OC1(c2ccc(C(F)(F)F)cc2)CCC1)C(=O)NCCN1CCOCC1. The summed E-state index contributed by atoms with van der Waals surface area (Å²) < 4.78 is 49.3. The Labute approximate surface area is 179 Å². The second-order valence-electron chi connectivity index (χ2n) is 7.89. The first-order chi connectivity index (χ1) is 14.7. The first kappa shape index (κ1) is 23.3. The summed E-state index contributed by atoms with van der Waals surface area (Å²) in [5, 5.41) is 2.74. The highest BCUT2D eigenvalue weighted by atomic mass is 19.4. The van der Waals surface area contributed by atoms with Gasteiger partial charge in [0.15, 0.2) is 0 Å². The second-order valence-corrected chi connectivity index (χ2v) is 7.89. The summed E-state index contributed by atoms with van der Waals surface area (Å²) in [6.07, 6.45) is -2.83. The monoisotopic (exact) mass is 440 g/mol. The van der Waals surface area contributed by atoms with Crippen LogP contribution in [-0.2, 0) is 30.8 Å². The van der Waals surface area contributed by atoms with E-state index in [-0.39, 0.29) is 12.0 Å². The van der Waals surface area contributed by atoms with Gasteiger partial charge in [-0.05, 0) is 37.0 Å². The van der Waals surface area contributed by atoms with Crippen LogP contribution in [0.2, 0.25) is 0 Å². The van der Waals surface area contributed by atoms with Gasteiger partial charge in [0, 0.05) is 31.8 Å². The summed E-state index contributed by atoms with van der Waals surface area (Å²) in [6, 6.07) is 4.68. The van der Waals surface area contributed by atoms with Gasteiger partial charge in [0.05, 0.1) is 25.2 Å². The Morgan fingerprint density at radius 2 is 1.81 bits per heavy atom. The maximum absolute atomic E-state index is 12.8. The van der Waals surface area contributed by atoms with Crippen LogP contribution in [0.25, 0.3) is 0 Å². The molecule has 1 saturated heterocycles. The van der Waals surface area contributed by atoms with Gasteiger partial charge in [-0.3, -0.25) is 14.5 Å². The fourth-order valence-corrected chi connectivity index (χ4v) is 3.70. The number of alkyl halides is 3. The number of halogens is 3. The number of esters is 1. The normalized spacial score (nSPS) is 18.7. The Morgan fingerprint density at radius 1 is 1.16 bits per heavy atom. The average Bonchev–Trinajstić information content (AvgIpc) is 2.71. The van der Waals surface area contributed by atoms with Gasteiger partial charge in [-0.15, -0.1) is 0 Å². The molecule has 1 aromatic rings. The lowest BCUT2D eigenvalue weighted by molar-refractivity contribution is -0.171. The number of morpholine rings is 1. The molecule has 0 unspecified atom stereocenters. The summed E-state index contributed by atoms with van der Waals surface area (Å²) in [6.45, 7) is 7.77. The summed E-state index contributed by atoms with van der Waals surface area (Å²) in [5.74, 6) is -1.03. The van der Waals surface area contributed by atoms with Crippen molar-refractivity contribution >= 4 is 11.9 Å². The van der Waals surface area contributed by atoms with Crippen molar-refractivity contribution in [3.8, 4) is 0 Å². The number of hydrogen-bond donors (Lipinski definition) is 1. The molecule has 0 atom stereocenters. The van der Waals surface area contributed by atoms with E-state index in [1.54, 1.807) is 0 Å². The molecule has 1 aromatic carbocycles. The number of nitrogens with zero attached hydrogens (tertiary/aromatic N) is 1. The molecule has 0 aromatic heterocycles. The highest BCUT2D eigenvalue weighted by Gasteiger charge is 2.43. The highest BCUT2D eigenvalue weighted by molar-refractivity contribution is 5.97. The van der Waals surface area contributed by atoms with Crippen LogP contribution in [-0.4, -0.2) is 56.2 Å². The van der Waals surface area contributed by atoms with E-state index in [0.717, 1.165) is 31.6 Å². The van der Waals surface area contributed by atoms with E-state index >= 15 is 0 Å². The fourth-order valence-electron chi connectivity index (χ4n) is 3.70. The third-order valence-electron chi connectivity index (χ3n) is 5.70. The Kier molecular flexibility index (Phi) is 7.38. The van der Waals surface area contributed by atoms with Gasteiger partial charge in [0.25, 0.3) is 0 Å². The Bertz CT molecular complexity index is 798. The van der Waals surface area contributed by atoms with Gasteiger partial charge in [-0.2, -0.15) is 13.2 Å². The van der Waals surface area contributed by atoms with Crippen molar-refractivity contribution < 1.29 is 32.2 Å². The summed E-state index contributed by atoms with van der Waals surface area (Å²) in [5.41, 5.74) is -1.07. The molecule has 0 spiro atoms. The summed E-state index contributed by atoms with van der Waals surface area (Å²) >= 11 is 0. The molecule has 2 fully saturated rings. The van der Waals surface area contributed by atoms with Gasteiger partial charge in [-0.25, -0.2) is 0 Å². The Balaban J connectivity index is 1.49. The van der Waals surface area contributed by atoms with Crippen molar-refractivity contribution in [1.82, 2.24) is 10.2 Å². The minimum absolute atomic E-state index is 0.0915. The maximum Gasteiger partial charge on any atom is 0.416 e. The molecule has 31 heavy (non-hydrogen) atoms. The molecule has 1 aliphatic heterocycles. The molecule has 6 nitrogen and oxygen atoms in total. The minimum Gasteiger partial charge on any atom is -0.454 e. The lowest BCUT2D eigenvalue weighted by Gasteiger charge is -2.41. The van der Waals surface area contributed by atoms with Crippen molar-refractivity contribution in [3.05, 3.63) is 47.5 Å². The van der Waals surface area contributed by atoms with E-state index in [2.05, 4.69) is 16.8 Å². The highest BCUT2D eigenvalue weighted by Crippen LogP contribution is 2.45. The smallest absolute Gasteiger partial charge is 0.416 e. The summed E-state index contributed by atoms with van der Waals surface area (Å²) in [7, 11) is 0. The van der Waals surface area contributed by atoms with Crippen LogP contribution in [0.3, 0.4) is 0 Å². The first-order valence-electron chi connectivity index (χ1n) is 10.4. The van der Waals surface area contributed by atoms with E-state index in [4.69, 9.17) is 9.47 Å². The van der Waals surface area contributed by atoms with E-state index in [1.807, 2.05) is 0 Å². The van der Waals surface area contributed by atoms with Gasteiger partial charge in [0.2, 0.25) is 5.91 Å². The minimum atomic E-state index is -4.42. The first-order valence-corrected chi connectivity index (χ1v) is 10.4. The van der Waals surface area contributed by atoms with Crippen molar-refractivity contribution in [2.24, 2.45) is 0 Å². The predicted molar refractivity (Wildman–Crippen MR) is 107 cm³/mol. The standard InChI is InChI=1S/C22H27F3N2O4/c1-16(20(29)26-9-10-27-11-13-30-14-12-27)15-19(28)31-21(7-2-8-21)17-3-5-18(6-4-17)22(23,24)25/h3-6H,1-2,7-15H2,(H,26,29). The molecule has 170 valence electrons. The van der Waals surface area contributed by atoms with Crippen molar-refractivity contribution in [2.45, 2.75) is 37.5 Å². The largest absolute Gasteiger partial charge is 0.454 e. The number of amides is 1. The molecule has 1 amide bonds. The predicted octanol–water partition coefficient (Wildman–Crippen LogP) is 3.02. The van der Waals surface area contributed by atoms with Gasteiger partial charge >= 0.3 is 12.1 Å². The molecule has 2 aliphatic rings. The quantitative estimate of drug-likeness (QED) is 0.497. The number of carbonyl (C=O) groups is 2. The lowest BCUT2D eigenvalue weighted by Crippen LogP contribution is -2.42. The number of hydrogen-bond acceptors (Lipinski definition) is 5. The second kappa shape index (κ2) is 9.82. The Morgan fingerprint density at radius 3 is 2.35 bits per heavy atom. The zero-order valence-corrected chi connectivity index (χ0v) is 17.3. The molecule has 9 heteroatoms. The van der Waals surface area contributed by atoms with E-state index in [9.17, 15) is 22.8 Å². The molecule has 1 saturated carbocycles. The zero-order chi connectivity index (χ0) is 22.5. The van der Waals surface area contributed by atoms with Crippen LogP contribution in [0.1, 0.15) is 36.8 Å². The number of rotatable bonds is 8. The van der Waals surface area contributed by atoms with Crippen LogP contribution in [0, 0.1) is 0 Å². The van der Waals surface area contributed by atoms with Crippen LogP contribution in [0.15, 0.2) is 36.4 Å². The number of nitrogens with one attached hydrogen (secondary N) is 1. The topological polar surface area (TPSA) is 67.9 Å². The van der Waals surface area contributed by atoms with E-state index < -0.39 is 29.2 Å². The van der Waals surface area contributed by atoms with Crippen molar-refractivity contribution in [2.75, 3.05) is 39.4 Å². The maximum atomic E-state index is 12.8. The third kappa shape index (κ3) is 6.07. The third-order valence-corrected chi connectivity index (χ3v) is 5.70. The van der Waals surface area contributed by atoms with Gasteiger partial charge in [0.1, 0.15) is 5.60 Å². The zero-order valence-electron chi connectivity index (χ0n) is 17.3.